The number of amides is 1. The van der Waals surface area contributed by atoms with Gasteiger partial charge in [0.25, 0.3) is 5.91 Å². The number of benzene rings is 2. The van der Waals surface area contributed by atoms with Crippen LogP contribution < -0.4 is 5.32 Å². The molecule has 0 spiro atoms. The van der Waals surface area contributed by atoms with E-state index in [1.165, 1.54) is 0 Å². The number of carbonyl (C=O) groups is 1. The van der Waals surface area contributed by atoms with E-state index in [1.54, 1.807) is 16.9 Å². The van der Waals surface area contributed by atoms with Gasteiger partial charge in [-0.1, -0.05) is 65.1 Å². The molecule has 1 N–H and O–H groups in total. The summed E-state index contributed by atoms with van der Waals surface area (Å²) < 4.78 is 3.46. The smallest absolute Gasteiger partial charge is 0.256 e. The van der Waals surface area contributed by atoms with E-state index in [1.807, 2.05) is 61.0 Å². The van der Waals surface area contributed by atoms with E-state index in [0.717, 1.165) is 22.5 Å². The second-order valence-electron chi connectivity index (χ2n) is 7.41. The zero-order valence-corrected chi connectivity index (χ0v) is 19.7. The van der Waals surface area contributed by atoms with Crippen LogP contribution in [0.5, 0.6) is 0 Å². The zero-order valence-electron chi connectivity index (χ0n) is 17.4. The van der Waals surface area contributed by atoms with Crippen molar-refractivity contribution in [2.75, 3.05) is 5.32 Å². The van der Waals surface area contributed by atoms with E-state index in [0.29, 0.717) is 39.5 Å². The molecule has 0 aliphatic heterocycles. The summed E-state index contributed by atoms with van der Waals surface area (Å²) in [5, 5.41) is 13.3. The average Bonchev–Trinajstić information content (AvgIpc) is 3.23. The minimum Gasteiger partial charge on any atom is -0.304 e. The molecule has 2 aromatic heterocycles. The van der Waals surface area contributed by atoms with Crippen molar-refractivity contribution in [3.63, 3.8) is 0 Å². The van der Waals surface area contributed by atoms with Crippen molar-refractivity contribution < 1.29 is 4.79 Å². The maximum Gasteiger partial charge on any atom is 0.256 e. The highest BCUT2D eigenvalue weighted by atomic mass is 35.5. The molecule has 1 amide bonds. The van der Waals surface area contributed by atoms with Crippen molar-refractivity contribution in [3.05, 3.63) is 97.9 Å². The Kier molecular flexibility index (Phi) is 6.55. The molecule has 2 aromatic carbocycles. The summed E-state index contributed by atoms with van der Waals surface area (Å²) in [6.45, 7) is 4.73. The Labute approximate surface area is 200 Å². The highest BCUT2D eigenvalue weighted by molar-refractivity contribution is 6.33. The molecule has 2 heterocycles. The molecule has 0 fully saturated rings. The first kappa shape index (κ1) is 22.4. The first-order chi connectivity index (χ1) is 15.3. The maximum atomic E-state index is 12.8. The van der Waals surface area contributed by atoms with Crippen molar-refractivity contribution in [3.8, 4) is 0 Å². The van der Waals surface area contributed by atoms with Crippen LogP contribution >= 0.6 is 34.8 Å². The molecule has 32 heavy (non-hydrogen) atoms. The maximum absolute atomic E-state index is 12.8. The van der Waals surface area contributed by atoms with Gasteiger partial charge in [0.15, 0.2) is 5.82 Å². The number of aromatic nitrogens is 4. The number of rotatable bonds is 6. The van der Waals surface area contributed by atoms with Crippen LogP contribution in [0.1, 0.15) is 32.9 Å². The predicted molar refractivity (Wildman–Crippen MR) is 128 cm³/mol. The fourth-order valence-corrected chi connectivity index (χ4v) is 3.89. The Morgan fingerprint density at radius 1 is 0.969 bits per heavy atom. The van der Waals surface area contributed by atoms with Gasteiger partial charge < -0.3 is 5.32 Å². The van der Waals surface area contributed by atoms with Crippen LogP contribution in [-0.2, 0) is 13.1 Å². The fraction of sp³-hybridized carbons (Fsp3) is 0.174. The van der Waals surface area contributed by atoms with Gasteiger partial charge in [-0.15, -0.1) is 0 Å². The van der Waals surface area contributed by atoms with E-state index in [-0.39, 0.29) is 5.91 Å². The van der Waals surface area contributed by atoms with Gasteiger partial charge >= 0.3 is 0 Å². The third-order valence-electron chi connectivity index (χ3n) is 5.05. The molecule has 0 saturated carbocycles. The minimum atomic E-state index is -0.303. The highest BCUT2D eigenvalue weighted by Gasteiger charge is 2.15. The summed E-state index contributed by atoms with van der Waals surface area (Å²) in [6, 6.07) is 14.8. The van der Waals surface area contributed by atoms with Crippen LogP contribution in [0.3, 0.4) is 0 Å². The molecule has 0 bridgehead atoms. The Balaban J connectivity index is 1.48. The highest BCUT2D eigenvalue weighted by Crippen LogP contribution is 2.23. The number of aryl methyl sites for hydroxylation is 1. The van der Waals surface area contributed by atoms with E-state index >= 15 is 0 Å². The number of hydrogen-bond donors (Lipinski definition) is 1. The van der Waals surface area contributed by atoms with E-state index in [2.05, 4.69) is 15.5 Å². The molecule has 4 aromatic rings. The van der Waals surface area contributed by atoms with Crippen LogP contribution in [0.4, 0.5) is 5.82 Å². The first-order valence-corrected chi connectivity index (χ1v) is 11.0. The molecule has 0 aliphatic rings. The van der Waals surface area contributed by atoms with Crippen molar-refractivity contribution >= 4 is 46.5 Å². The standard InChI is InChI=1S/C23H20Cl3N5O/c1-14-21(26)15(2)31(28-14)11-16-6-5-8-17(10-16)23(32)27-22-20(25)13-30(29-22)12-18-7-3-4-9-19(18)24/h3-10,13H,11-12H2,1-2H3,(H,27,29,32). The lowest BCUT2D eigenvalue weighted by Gasteiger charge is -2.08. The lowest BCUT2D eigenvalue weighted by molar-refractivity contribution is 0.102. The molecule has 0 saturated heterocycles. The average molecular weight is 489 g/mol. The number of halogens is 3. The first-order valence-electron chi connectivity index (χ1n) is 9.88. The fourth-order valence-electron chi connectivity index (χ4n) is 3.36. The van der Waals surface area contributed by atoms with E-state index in [4.69, 9.17) is 34.8 Å². The van der Waals surface area contributed by atoms with Crippen LogP contribution in [0.15, 0.2) is 54.7 Å². The van der Waals surface area contributed by atoms with Gasteiger partial charge in [-0.2, -0.15) is 10.2 Å². The van der Waals surface area contributed by atoms with Gasteiger partial charge in [-0.05, 0) is 43.2 Å². The SMILES string of the molecule is Cc1nn(Cc2cccc(C(=O)Nc3nn(Cc4ccccc4Cl)cc3Cl)c2)c(C)c1Cl. The Morgan fingerprint density at radius 2 is 1.75 bits per heavy atom. The number of nitrogens with one attached hydrogen (secondary N) is 1. The van der Waals surface area contributed by atoms with Gasteiger partial charge in [0.2, 0.25) is 0 Å². The summed E-state index contributed by atoms with van der Waals surface area (Å²) in [4.78, 5) is 12.8. The normalized spacial score (nSPS) is 11.0. The quantitative estimate of drug-likeness (QED) is 0.362. The van der Waals surface area contributed by atoms with Crippen molar-refractivity contribution in [2.24, 2.45) is 0 Å². The molecule has 0 unspecified atom stereocenters. The van der Waals surface area contributed by atoms with E-state index < -0.39 is 0 Å². The zero-order chi connectivity index (χ0) is 22.8. The van der Waals surface area contributed by atoms with Crippen LogP contribution in [0.25, 0.3) is 0 Å². The largest absolute Gasteiger partial charge is 0.304 e. The Hall–Kier alpha value is -2.80. The van der Waals surface area contributed by atoms with Crippen LogP contribution in [0, 0.1) is 13.8 Å². The molecule has 0 radical (unpaired) electrons. The summed E-state index contributed by atoms with van der Waals surface area (Å²) >= 11 is 18.8. The molecule has 0 atom stereocenters. The van der Waals surface area contributed by atoms with E-state index in [9.17, 15) is 4.79 Å². The molecule has 0 aliphatic carbocycles. The number of anilines is 1. The molecular weight excluding hydrogens is 469 g/mol. The van der Waals surface area contributed by atoms with Gasteiger partial charge in [0.05, 0.1) is 29.5 Å². The van der Waals surface area contributed by atoms with Crippen molar-refractivity contribution in [2.45, 2.75) is 26.9 Å². The third kappa shape index (κ3) is 4.83. The van der Waals surface area contributed by atoms with Gasteiger partial charge in [0.1, 0.15) is 5.02 Å². The second-order valence-corrected chi connectivity index (χ2v) is 8.60. The summed E-state index contributed by atoms with van der Waals surface area (Å²) in [5.74, 6) is -0.0115. The predicted octanol–water partition coefficient (Wildman–Crippen LogP) is 6.01. The Morgan fingerprint density at radius 3 is 2.47 bits per heavy atom. The third-order valence-corrected chi connectivity index (χ3v) is 6.25. The van der Waals surface area contributed by atoms with Crippen molar-refractivity contribution in [1.29, 1.82) is 0 Å². The number of carbonyl (C=O) groups excluding carboxylic acids is 1. The van der Waals surface area contributed by atoms with Gasteiger partial charge in [-0.3, -0.25) is 14.2 Å². The summed E-state index contributed by atoms with van der Waals surface area (Å²) in [7, 11) is 0. The monoisotopic (exact) mass is 487 g/mol. The lowest BCUT2D eigenvalue weighted by Crippen LogP contribution is -2.14. The summed E-state index contributed by atoms with van der Waals surface area (Å²) in [6.07, 6.45) is 1.66. The number of hydrogen-bond acceptors (Lipinski definition) is 3. The lowest BCUT2D eigenvalue weighted by atomic mass is 10.1. The molecular formula is C23H20Cl3N5O. The molecule has 4 rings (SSSR count). The van der Waals surface area contributed by atoms with Gasteiger partial charge in [-0.25, -0.2) is 0 Å². The van der Waals surface area contributed by atoms with Gasteiger partial charge in [0, 0.05) is 16.8 Å². The van der Waals surface area contributed by atoms with Crippen LogP contribution in [0.2, 0.25) is 15.1 Å². The molecule has 164 valence electrons. The Bertz CT molecular complexity index is 1290. The molecule has 6 nitrogen and oxygen atoms in total. The summed E-state index contributed by atoms with van der Waals surface area (Å²) in [5.41, 5.74) is 3.99. The van der Waals surface area contributed by atoms with Crippen LogP contribution in [-0.4, -0.2) is 25.5 Å². The topological polar surface area (TPSA) is 64.7 Å². The number of nitrogens with zero attached hydrogens (tertiary/aromatic N) is 4. The van der Waals surface area contributed by atoms with Crippen molar-refractivity contribution in [1.82, 2.24) is 19.6 Å². The minimum absolute atomic E-state index is 0.291. The molecule has 9 heteroatoms. The second kappa shape index (κ2) is 9.36.